The number of aliphatic hydroxyl groups is 1. The van der Waals surface area contributed by atoms with Crippen molar-refractivity contribution in [3.63, 3.8) is 0 Å². The highest BCUT2D eigenvalue weighted by molar-refractivity contribution is 7.13. The molecule has 1 aromatic heterocycles. The van der Waals surface area contributed by atoms with Gasteiger partial charge >= 0.3 is 0 Å². The number of nitrogens with two attached hydrogens (primary N) is 1. The van der Waals surface area contributed by atoms with Crippen LogP contribution >= 0.6 is 11.3 Å². The summed E-state index contributed by atoms with van der Waals surface area (Å²) < 4.78 is 0. The summed E-state index contributed by atoms with van der Waals surface area (Å²) in [4.78, 5) is 32.7. The maximum Gasteiger partial charge on any atom is 0.243 e. The molecule has 4 N–H and O–H groups in total. The van der Waals surface area contributed by atoms with Crippen molar-refractivity contribution in [2.45, 2.75) is 65.3 Å². The highest BCUT2D eigenvalue weighted by Gasteiger charge is 2.42. The smallest absolute Gasteiger partial charge is 0.243 e. The van der Waals surface area contributed by atoms with Crippen LogP contribution in [0.15, 0.2) is 29.8 Å². The predicted molar refractivity (Wildman–Crippen MR) is 122 cm³/mol. The minimum Gasteiger partial charge on any atom is -0.391 e. The van der Waals surface area contributed by atoms with Crippen LogP contribution in [0.3, 0.4) is 0 Å². The van der Waals surface area contributed by atoms with E-state index in [0.29, 0.717) is 0 Å². The Kier molecular flexibility index (Phi) is 6.83. The molecule has 168 valence electrons. The zero-order valence-electron chi connectivity index (χ0n) is 18.8. The van der Waals surface area contributed by atoms with Crippen LogP contribution < -0.4 is 11.1 Å². The third kappa shape index (κ3) is 5.14. The molecular formula is C23H32N4O3S. The Bertz CT molecular complexity index is 935. The number of amides is 2. The van der Waals surface area contributed by atoms with Gasteiger partial charge in [0.2, 0.25) is 11.8 Å². The van der Waals surface area contributed by atoms with Gasteiger partial charge in [-0.2, -0.15) is 0 Å². The third-order valence-electron chi connectivity index (χ3n) is 5.84. The van der Waals surface area contributed by atoms with Crippen LogP contribution in [0.5, 0.6) is 0 Å². The number of nitrogens with zero attached hydrogens (tertiary/aromatic N) is 2. The van der Waals surface area contributed by atoms with Gasteiger partial charge in [-0.25, -0.2) is 4.98 Å². The van der Waals surface area contributed by atoms with E-state index < -0.39 is 23.6 Å². The van der Waals surface area contributed by atoms with E-state index in [0.717, 1.165) is 21.7 Å². The van der Waals surface area contributed by atoms with E-state index in [2.05, 4.69) is 10.3 Å². The van der Waals surface area contributed by atoms with Crippen molar-refractivity contribution in [2.75, 3.05) is 6.54 Å². The Balaban J connectivity index is 1.69. The first kappa shape index (κ1) is 23.4. The van der Waals surface area contributed by atoms with Crippen molar-refractivity contribution in [3.8, 4) is 10.4 Å². The largest absolute Gasteiger partial charge is 0.391 e. The fourth-order valence-corrected chi connectivity index (χ4v) is 4.56. The first-order chi connectivity index (χ1) is 14.5. The maximum absolute atomic E-state index is 13.0. The molecule has 1 aromatic carbocycles. The summed E-state index contributed by atoms with van der Waals surface area (Å²) in [7, 11) is 0. The zero-order chi connectivity index (χ0) is 22.9. The Morgan fingerprint density at radius 1 is 1.29 bits per heavy atom. The molecule has 0 spiro atoms. The van der Waals surface area contributed by atoms with E-state index >= 15 is 0 Å². The van der Waals surface area contributed by atoms with Gasteiger partial charge in [-0.05, 0) is 30.4 Å². The van der Waals surface area contributed by atoms with Crippen LogP contribution in [0.4, 0.5) is 0 Å². The molecule has 0 aliphatic carbocycles. The molecular weight excluding hydrogens is 412 g/mol. The number of aryl methyl sites for hydroxylation is 1. The summed E-state index contributed by atoms with van der Waals surface area (Å²) in [5, 5.41) is 13.1. The molecule has 1 fully saturated rings. The quantitative estimate of drug-likeness (QED) is 0.657. The van der Waals surface area contributed by atoms with E-state index in [1.165, 1.54) is 4.90 Å². The molecule has 3 rings (SSSR count). The van der Waals surface area contributed by atoms with Crippen LogP contribution in [0.2, 0.25) is 0 Å². The second-order valence-electron chi connectivity index (χ2n) is 9.36. The van der Waals surface area contributed by atoms with Gasteiger partial charge in [-0.3, -0.25) is 9.59 Å². The van der Waals surface area contributed by atoms with E-state index in [1.54, 1.807) is 11.3 Å². The van der Waals surface area contributed by atoms with Gasteiger partial charge in [-0.1, -0.05) is 45.0 Å². The zero-order valence-corrected chi connectivity index (χ0v) is 19.6. The van der Waals surface area contributed by atoms with Gasteiger partial charge in [0.25, 0.3) is 0 Å². The molecule has 0 bridgehead atoms. The van der Waals surface area contributed by atoms with Crippen molar-refractivity contribution in [2.24, 2.45) is 11.1 Å². The number of carbonyl (C=O) groups excluding carboxylic acids is 2. The summed E-state index contributed by atoms with van der Waals surface area (Å²) in [5.74, 6) is -0.581. The number of rotatable bonds is 5. The van der Waals surface area contributed by atoms with E-state index in [-0.39, 0.29) is 30.8 Å². The molecule has 8 heteroatoms. The fraction of sp³-hybridized carbons (Fsp3) is 0.522. The van der Waals surface area contributed by atoms with Gasteiger partial charge in [0.1, 0.15) is 6.04 Å². The van der Waals surface area contributed by atoms with Crippen molar-refractivity contribution in [1.82, 2.24) is 15.2 Å². The van der Waals surface area contributed by atoms with Crippen molar-refractivity contribution in [3.05, 3.63) is 41.0 Å². The van der Waals surface area contributed by atoms with E-state index in [4.69, 9.17) is 5.73 Å². The molecule has 2 amide bonds. The highest BCUT2D eigenvalue weighted by Crippen LogP contribution is 2.29. The van der Waals surface area contributed by atoms with Crippen molar-refractivity contribution < 1.29 is 14.7 Å². The number of likely N-dealkylation sites (tertiary alicyclic amines) is 1. The first-order valence-corrected chi connectivity index (χ1v) is 11.4. The minimum absolute atomic E-state index is 0.123. The van der Waals surface area contributed by atoms with Crippen LogP contribution in [-0.4, -0.2) is 51.5 Å². The average Bonchev–Trinajstić information content (AvgIpc) is 3.31. The fourth-order valence-electron chi connectivity index (χ4n) is 3.75. The number of aromatic nitrogens is 1. The normalized spacial score (nSPS) is 21.1. The second kappa shape index (κ2) is 9.06. The standard InChI is InChI=1S/C23H32N4O3S/c1-13(15-6-8-16(9-7-15)19-14(2)25-12-31-19)26-21(29)18-10-17(28)11-27(18)22(30)20(24)23(3,4)5/h6-9,12-13,17-18,20,28H,10-11,24H2,1-5H3,(H,26,29)/t13-,17+,18+,20+/m0/s1. The molecule has 1 aliphatic heterocycles. The monoisotopic (exact) mass is 444 g/mol. The molecule has 2 aromatic rings. The number of hydrogen-bond acceptors (Lipinski definition) is 6. The summed E-state index contributed by atoms with van der Waals surface area (Å²) in [5.41, 5.74) is 10.6. The van der Waals surface area contributed by atoms with Gasteiger partial charge in [0.15, 0.2) is 0 Å². The number of aliphatic hydroxyl groups excluding tert-OH is 1. The van der Waals surface area contributed by atoms with E-state index in [9.17, 15) is 14.7 Å². The molecule has 0 saturated carbocycles. The highest BCUT2D eigenvalue weighted by atomic mass is 32.1. The molecule has 0 unspecified atom stereocenters. The number of nitrogens with one attached hydrogen (secondary N) is 1. The number of hydrogen-bond donors (Lipinski definition) is 3. The van der Waals surface area contributed by atoms with Crippen LogP contribution in [0.25, 0.3) is 10.4 Å². The van der Waals surface area contributed by atoms with Crippen LogP contribution in [-0.2, 0) is 9.59 Å². The molecule has 1 saturated heterocycles. The van der Waals surface area contributed by atoms with E-state index in [1.807, 2.05) is 64.4 Å². The summed E-state index contributed by atoms with van der Waals surface area (Å²) in [6, 6.07) is 6.32. The molecule has 2 heterocycles. The summed E-state index contributed by atoms with van der Waals surface area (Å²) in [6.07, 6.45) is -0.519. The lowest BCUT2D eigenvalue weighted by Crippen LogP contribution is -2.55. The second-order valence-corrected chi connectivity index (χ2v) is 10.2. The van der Waals surface area contributed by atoms with Gasteiger partial charge in [-0.15, -0.1) is 11.3 Å². The Hall–Kier alpha value is -2.29. The molecule has 0 radical (unpaired) electrons. The Labute approximate surface area is 187 Å². The Morgan fingerprint density at radius 2 is 1.94 bits per heavy atom. The number of β-amino-alcohol motifs (C(OH)–C–C–N with tert-alkyl or cyclic N) is 1. The lowest BCUT2D eigenvalue weighted by atomic mass is 9.86. The summed E-state index contributed by atoms with van der Waals surface area (Å²) >= 11 is 1.60. The first-order valence-electron chi connectivity index (χ1n) is 10.5. The minimum atomic E-state index is -0.742. The SMILES string of the molecule is Cc1ncsc1-c1ccc([C@H](C)NC(=O)[C@H]2C[C@@H](O)CN2C(=O)[C@@H](N)C(C)(C)C)cc1. The molecule has 1 aliphatic rings. The maximum atomic E-state index is 13.0. The lowest BCUT2D eigenvalue weighted by Gasteiger charge is -2.32. The van der Waals surface area contributed by atoms with Gasteiger partial charge < -0.3 is 21.1 Å². The van der Waals surface area contributed by atoms with Crippen LogP contribution in [0.1, 0.15) is 51.4 Å². The van der Waals surface area contributed by atoms with Gasteiger partial charge in [0, 0.05) is 13.0 Å². The van der Waals surface area contributed by atoms with Crippen molar-refractivity contribution >= 4 is 23.2 Å². The Morgan fingerprint density at radius 3 is 2.48 bits per heavy atom. The van der Waals surface area contributed by atoms with Crippen molar-refractivity contribution in [1.29, 1.82) is 0 Å². The molecule has 7 nitrogen and oxygen atoms in total. The van der Waals surface area contributed by atoms with Gasteiger partial charge in [0.05, 0.1) is 34.3 Å². The molecule has 31 heavy (non-hydrogen) atoms. The predicted octanol–water partition coefficient (Wildman–Crippen LogP) is 2.63. The topological polar surface area (TPSA) is 109 Å². The number of thiazole rings is 1. The lowest BCUT2D eigenvalue weighted by molar-refractivity contribution is -0.141. The number of benzene rings is 1. The van der Waals surface area contributed by atoms with Crippen LogP contribution in [0, 0.1) is 12.3 Å². The molecule has 4 atom stereocenters. The third-order valence-corrected chi connectivity index (χ3v) is 6.82. The summed E-state index contributed by atoms with van der Waals surface area (Å²) in [6.45, 7) is 9.67. The number of carbonyl (C=O) groups is 2. The average molecular weight is 445 g/mol.